The summed E-state index contributed by atoms with van der Waals surface area (Å²) in [5.41, 5.74) is 1.93. The lowest BCUT2D eigenvalue weighted by atomic mass is 10.2. The predicted molar refractivity (Wildman–Crippen MR) is 113 cm³/mol. The van der Waals surface area contributed by atoms with Crippen LogP contribution in [0.4, 0.5) is 16.2 Å². The third-order valence-corrected chi connectivity index (χ3v) is 5.51. The molecule has 0 radical (unpaired) electrons. The number of piperazine rings is 1. The van der Waals surface area contributed by atoms with Crippen LogP contribution in [0.25, 0.3) is 0 Å². The summed E-state index contributed by atoms with van der Waals surface area (Å²) in [7, 11) is 1.67. The number of anilines is 2. The number of benzene rings is 2. The zero-order chi connectivity index (χ0) is 20.2. The number of hydrogen-bond acceptors (Lipinski definition) is 4. The summed E-state index contributed by atoms with van der Waals surface area (Å²) in [5.74, 6) is 0.887. The number of rotatable bonds is 4. The first-order valence-electron chi connectivity index (χ1n) is 9.94. The van der Waals surface area contributed by atoms with E-state index in [0.717, 1.165) is 30.2 Å². The Bertz CT molecular complexity index is 865. The van der Waals surface area contributed by atoms with Crippen molar-refractivity contribution in [1.82, 2.24) is 10.2 Å². The van der Waals surface area contributed by atoms with E-state index >= 15 is 0 Å². The lowest BCUT2D eigenvalue weighted by Gasteiger charge is -2.37. The Morgan fingerprint density at radius 2 is 1.69 bits per heavy atom. The fraction of sp³-hybridized carbons (Fsp3) is 0.364. The Labute approximate surface area is 170 Å². The standard InChI is InChI=1S/C22H26N4O3/c1-29-20-10-6-5-9-19(20)24-11-13-25(14-12-24)22(28)23-17-15-21(27)26(16-17)18-7-3-2-4-8-18/h2-10,17H,11-16H2,1H3,(H,23,28)/t17-/m1/s1. The molecule has 0 unspecified atom stereocenters. The second-order valence-corrected chi connectivity index (χ2v) is 7.34. The van der Waals surface area contributed by atoms with Gasteiger partial charge in [0, 0.05) is 44.8 Å². The van der Waals surface area contributed by atoms with E-state index in [9.17, 15) is 9.59 Å². The topological polar surface area (TPSA) is 65.1 Å². The van der Waals surface area contributed by atoms with E-state index in [4.69, 9.17) is 4.74 Å². The number of ether oxygens (including phenoxy) is 1. The highest BCUT2D eigenvalue weighted by Gasteiger charge is 2.33. The van der Waals surface area contributed by atoms with Gasteiger partial charge in [-0.1, -0.05) is 30.3 Å². The first-order valence-corrected chi connectivity index (χ1v) is 9.94. The van der Waals surface area contributed by atoms with Crippen LogP contribution >= 0.6 is 0 Å². The molecule has 0 aromatic heterocycles. The second kappa shape index (κ2) is 8.43. The van der Waals surface area contributed by atoms with Gasteiger partial charge in [0.1, 0.15) is 5.75 Å². The third kappa shape index (κ3) is 4.13. The molecule has 2 aliphatic rings. The molecule has 2 aliphatic heterocycles. The van der Waals surface area contributed by atoms with Crippen molar-refractivity contribution in [2.24, 2.45) is 0 Å². The Kier molecular flexibility index (Phi) is 5.55. The second-order valence-electron chi connectivity index (χ2n) is 7.34. The van der Waals surface area contributed by atoms with E-state index < -0.39 is 0 Å². The summed E-state index contributed by atoms with van der Waals surface area (Å²) in [6.45, 7) is 3.26. The van der Waals surface area contributed by atoms with Crippen LogP contribution in [-0.4, -0.2) is 62.7 Å². The van der Waals surface area contributed by atoms with Gasteiger partial charge in [0.15, 0.2) is 0 Å². The minimum absolute atomic E-state index is 0.0440. The maximum atomic E-state index is 12.7. The summed E-state index contributed by atoms with van der Waals surface area (Å²) in [4.78, 5) is 30.9. The largest absolute Gasteiger partial charge is 0.495 e. The number of nitrogens with one attached hydrogen (secondary N) is 1. The van der Waals surface area contributed by atoms with Gasteiger partial charge in [0.05, 0.1) is 18.8 Å². The maximum Gasteiger partial charge on any atom is 0.317 e. The number of urea groups is 1. The molecule has 2 aromatic carbocycles. The molecule has 1 atom stereocenters. The zero-order valence-electron chi connectivity index (χ0n) is 16.6. The molecule has 4 rings (SSSR count). The number of methoxy groups -OCH3 is 1. The van der Waals surface area contributed by atoms with Crippen molar-refractivity contribution in [3.63, 3.8) is 0 Å². The highest BCUT2D eigenvalue weighted by Crippen LogP contribution is 2.28. The Balaban J connectivity index is 1.31. The average Bonchev–Trinajstić information content (AvgIpc) is 3.14. The number of hydrogen-bond donors (Lipinski definition) is 1. The van der Waals surface area contributed by atoms with E-state index in [1.807, 2.05) is 59.5 Å². The molecule has 7 heteroatoms. The van der Waals surface area contributed by atoms with Crippen molar-refractivity contribution in [3.05, 3.63) is 54.6 Å². The predicted octanol–water partition coefficient (Wildman–Crippen LogP) is 2.33. The minimum atomic E-state index is -0.164. The molecule has 0 bridgehead atoms. The first kappa shape index (κ1) is 19.1. The van der Waals surface area contributed by atoms with E-state index in [1.54, 1.807) is 12.0 Å². The monoisotopic (exact) mass is 394 g/mol. The summed E-state index contributed by atoms with van der Waals surface area (Å²) < 4.78 is 5.45. The zero-order valence-corrected chi connectivity index (χ0v) is 16.6. The van der Waals surface area contributed by atoms with Gasteiger partial charge < -0.3 is 24.8 Å². The molecule has 7 nitrogen and oxygen atoms in total. The molecule has 0 aliphatic carbocycles. The van der Waals surface area contributed by atoms with Crippen molar-refractivity contribution in [2.75, 3.05) is 49.6 Å². The summed E-state index contributed by atoms with van der Waals surface area (Å²) >= 11 is 0. The summed E-state index contributed by atoms with van der Waals surface area (Å²) in [6.07, 6.45) is 0.335. The van der Waals surface area contributed by atoms with Crippen LogP contribution in [0.3, 0.4) is 0 Å². The van der Waals surface area contributed by atoms with Crippen LogP contribution in [0.15, 0.2) is 54.6 Å². The highest BCUT2D eigenvalue weighted by molar-refractivity contribution is 5.96. The van der Waals surface area contributed by atoms with Gasteiger partial charge in [-0.3, -0.25) is 4.79 Å². The number of nitrogens with zero attached hydrogens (tertiary/aromatic N) is 3. The van der Waals surface area contributed by atoms with Crippen molar-refractivity contribution in [1.29, 1.82) is 0 Å². The van der Waals surface area contributed by atoms with Crippen LogP contribution < -0.4 is 19.9 Å². The fourth-order valence-electron chi connectivity index (χ4n) is 3.97. The molecule has 2 heterocycles. The lowest BCUT2D eigenvalue weighted by molar-refractivity contribution is -0.117. The van der Waals surface area contributed by atoms with E-state index in [-0.39, 0.29) is 18.0 Å². The third-order valence-electron chi connectivity index (χ3n) is 5.51. The van der Waals surface area contributed by atoms with Gasteiger partial charge in [-0.05, 0) is 24.3 Å². The van der Waals surface area contributed by atoms with Crippen molar-refractivity contribution < 1.29 is 14.3 Å². The molecule has 29 heavy (non-hydrogen) atoms. The molecular weight excluding hydrogens is 368 g/mol. The van der Waals surface area contributed by atoms with Crippen molar-refractivity contribution in [3.8, 4) is 5.75 Å². The van der Waals surface area contributed by atoms with Crippen LogP contribution in [0.5, 0.6) is 5.75 Å². The molecule has 2 aromatic rings. The van der Waals surface area contributed by atoms with E-state index in [1.165, 1.54) is 0 Å². The highest BCUT2D eigenvalue weighted by atomic mass is 16.5. The van der Waals surface area contributed by atoms with Crippen LogP contribution in [0.2, 0.25) is 0 Å². The van der Waals surface area contributed by atoms with Gasteiger partial charge in [-0.2, -0.15) is 0 Å². The molecule has 2 fully saturated rings. The van der Waals surface area contributed by atoms with Crippen LogP contribution in [-0.2, 0) is 4.79 Å². The summed E-state index contributed by atoms with van der Waals surface area (Å²) in [6, 6.07) is 17.2. The number of carbonyl (C=O) groups is 2. The Morgan fingerprint density at radius 1 is 1.00 bits per heavy atom. The quantitative estimate of drug-likeness (QED) is 0.865. The fourth-order valence-corrected chi connectivity index (χ4v) is 3.97. The van der Waals surface area contributed by atoms with Gasteiger partial charge in [0.25, 0.3) is 0 Å². The molecule has 0 spiro atoms. The lowest BCUT2D eigenvalue weighted by Crippen LogP contribution is -2.54. The van der Waals surface area contributed by atoms with Gasteiger partial charge in [-0.25, -0.2) is 4.79 Å². The number of amides is 3. The van der Waals surface area contributed by atoms with Gasteiger partial charge >= 0.3 is 6.03 Å². The van der Waals surface area contributed by atoms with Crippen LogP contribution in [0, 0.1) is 0 Å². The van der Waals surface area contributed by atoms with Crippen molar-refractivity contribution in [2.45, 2.75) is 12.5 Å². The Hall–Kier alpha value is -3.22. The maximum absolute atomic E-state index is 12.7. The van der Waals surface area contributed by atoms with Crippen molar-refractivity contribution >= 4 is 23.3 Å². The molecule has 3 amide bonds. The van der Waals surface area contributed by atoms with Crippen LogP contribution in [0.1, 0.15) is 6.42 Å². The first-order chi connectivity index (χ1) is 14.2. The van der Waals surface area contributed by atoms with E-state index in [2.05, 4.69) is 10.2 Å². The molecular formula is C22H26N4O3. The van der Waals surface area contributed by atoms with Gasteiger partial charge in [0.2, 0.25) is 5.91 Å². The smallest absolute Gasteiger partial charge is 0.317 e. The molecule has 2 saturated heterocycles. The average molecular weight is 394 g/mol. The summed E-state index contributed by atoms with van der Waals surface area (Å²) in [5, 5.41) is 3.04. The SMILES string of the molecule is COc1ccccc1N1CCN(C(=O)N[C@@H]2CC(=O)N(c3ccccc3)C2)CC1. The molecule has 152 valence electrons. The molecule has 1 N–H and O–H groups in total. The minimum Gasteiger partial charge on any atom is -0.495 e. The normalized spacial score (nSPS) is 19.4. The Morgan fingerprint density at radius 3 is 2.41 bits per heavy atom. The number of para-hydroxylation sites is 3. The van der Waals surface area contributed by atoms with Gasteiger partial charge in [-0.15, -0.1) is 0 Å². The number of carbonyl (C=O) groups excluding carboxylic acids is 2. The van der Waals surface area contributed by atoms with E-state index in [0.29, 0.717) is 26.1 Å². The molecule has 0 saturated carbocycles.